The molecule has 1 heterocycles. The van der Waals surface area contributed by atoms with Gasteiger partial charge in [-0.25, -0.2) is 0 Å². The second-order valence-electron chi connectivity index (χ2n) is 8.20. The van der Waals surface area contributed by atoms with E-state index in [1.807, 2.05) is 54.3 Å². The summed E-state index contributed by atoms with van der Waals surface area (Å²) in [5.74, 6) is 0.617. The number of rotatable bonds is 7. The zero-order valence-corrected chi connectivity index (χ0v) is 18.5. The molecule has 0 bridgehead atoms. The molecule has 2 aliphatic rings. The second kappa shape index (κ2) is 9.71. The SMILES string of the molecule is CC(C(=O)NC1CC1)N1CCN(C(=O)c2ccccc2OCc2ccc(Cl)cc2)CC1. The molecule has 1 atom stereocenters. The van der Waals surface area contributed by atoms with Crippen molar-refractivity contribution in [3.8, 4) is 5.75 Å². The number of hydrogen-bond donors (Lipinski definition) is 1. The summed E-state index contributed by atoms with van der Waals surface area (Å²) >= 11 is 5.94. The quantitative estimate of drug-likeness (QED) is 0.715. The van der Waals surface area contributed by atoms with Crippen molar-refractivity contribution < 1.29 is 14.3 Å². The van der Waals surface area contributed by atoms with E-state index in [1.165, 1.54) is 0 Å². The highest BCUT2D eigenvalue weighted by Crippen LogP contribution is 2.23. The summed E-state index contributed by atoms with van der Waals surface area (Å²) in [4.78, 5) is 29.5. The monoisotopic (exact) mass is 441 g/mol. The van der Waals surface area contributed by atoms with Gasteiger partial charge >= 0.3 is 0 Å². The van der Waals surface area contributed by atoms with Crippen LogP contribution in [0, 0.1) is 0 Å². The average Bonchev–Trinajstić information content (AvgIpc) is 3.62. The molecule has 1 unspecified atom stereocenters. The third kappa shape index (κ3) is 5.57. The minimum Gasteiger partial charge on any atom is -0.488 e. The number of piperazine rings is 1. The number of carbonyl (C=O) groups excluding carboxylic acids is 2. The van der Waals surface area contributed by atoms with Gasteiger partial charge < -0.3 is 15.0 Å². The summed E-state index contributed by atoms with van der Waals surface area (Å²) in [6.45, 7) is 4.84. The highest BCUT2D eigenvalue weighted by molar-refractivity contribution is 6.30. The Labute approximate surface area is 188 Å². The van der Waals surface area contributed by atoms with Gasteiger partial charge in [-0.15, -0.1) is 0 Å². The molecule has 0 spiro atoms. The Morgan fingerprint density at radius 2 is 1.74 bits per heavy atom. The molecule has 1 aliphatic carbocycles. The maximum absolute atomic E-state index is 13.2. The predicted octanol–water partition coefficient (Wildman–Crippen LogP) is 3.34. The molecule has 2 aromatic rings. The molecule has 6 nitrogen and oxygen atoms in total. The van der Waals surface area contributed by atoms with Gasteiger partial charge in [0.1, 0.15) is 12.4 Å². The van der Waals surface area contributed by atoms with Crippen molar-refractivity contribution in [2.45, 2.75) is 38.5 Å². The Balaban J connectivity index is 1.34. The number of ether oxygens (including phenoxy) is 1. The smallest absolute Gasteiger partial charge is 0.257 e. The standard InChI is InChI=1S/C24H28ClN3O3/c1-17(23(29)26-20-10-11-20)27-12-14-28(15-13-27)24(30)21-4-2-3-5-22(21)31-16-18-6-8-19(25)9-7-18/h2-9,17,20H,10-16H2,1H3,(H,26,29). The molecule has 7 heteroatoms. The van der Waals surface area contributed by atoms with Crippen molar-refractivity contribution in [3.05, 3.63) is 64.7 Å². The van der Waals surface area contributed by atoms with Gasteiger partial charge in [0.2, 0.25) is 5.91 Å². The molecule has 164 valence electrons. The number of carbonyl (C=O) groups is 2. The van der Waals surface area contributed by atoms with E-state index in [0.29, 0.717) is 55.2 Å². The van der Waals surface area contributed by atoms with E-state index in [4.69, 9.17) is 16.3 Å². The predicted molar refractivity (Wildman–Crippen MR) is 120 cm³/mol. The van der Waals surface area contributed by atoms with Crippen molar-refractivity contribution in [2.75, 3.05) is 26.2 Å². The van der Waals surface area contributed by atoms with Crippen LogP contribution in [0.4, 0.5) is 0 Å². The normalized spacial score (nSPS) is 17.8. The van der Waals surface area contributed by atoms with Gasteiger partial charge in [0.15, 0.2) is 0 Å². The first kappa shape index (κ1) is 21.7. The maximum atomic E-state index is 13.2. The van der Waals surface area contributed by atoms with Gasteiger partial charge in [-0.05, 0) is 49.6 Å². The van der Waals surface area contributed by atoms with E-state index in [9.17, 15) is 9.59 Å². The van der Waals surface area contributed by atoms with Crippen LogP contribution in [0.2, 0.25) is 5.02 Å². The fraction of sp³-hybridized carbons (Fsp3) is 0.417. The highest BCUT2D eigenvalue weighted by atomic mass is 35.5. The number of nitrogens with one attached hydrogen (secondary N) is 1. The Morgan fingerprint density at radius 1 is 1.06 bits per heavy atom. The Morgan fingerprint density at radius 3 is 2.42 bits per heavy atom. The number of para-hydroxylation sites is 1. The Bertz CT molecular complexity index is 922. The van der Waals surface area contributed by atoms with E-state index in [2.05, 4.69) is 10.2 Å². The minimum absolute atomic E-state index is 0.0403. The lowest BCUT2D eigenvalue weighted by Crippen LogP contribution is -2.55. The molecule has 31 heavy (non-hydrogen) atoms. The summed E-state index contributed by atoms with van der Waals surface area (Å²) in [7, 11) is 0. The number of benzene rings is 2. The summed E-state index contributed by atoms with van der Waals surface area (Å²) in [5.41, 5.74) is 1.54. The van der Waals surface area contributed by atoms with Gasteiger partial charge in [0, 0.05) is 37.2 Å². The molecule has 2 aromatic carbocycles. The van der Waals surface area contributed by atoms with E-state index < -0.39 is 0 Å². The third-order valence-electron chi connectivity index (χ3n) is 5.88. The topological polar surface area (TPSA) is 61.9 Å². The van der Waals surface area contributed by atoms with Crippen molar-refractivity contribution in [3.63, 3.8) is 0 Å². The number of nitrogens with zero attached hydrogens (tertiary/aromatic N) is 2. The van der Waals surface area contributed by atoms with Crippen LogP contribution in [0.3, 0.4) is 0 Å². The zero-order valence-electron chi connectivity index (χ0n) is 17.7. The molecular formula is C24H28ClN3O3. The van der Waals surface area contributed by atoms with Crippen LogP contribution >= 0.6 is 11.6 Å². The minimum atomic E-state index is -0.173. The fourth-order valence-electron chi connectivity index (χ4n) is 3.71. The van der Waals surface area contributed by atoms with Gasteiger partial charge in [-0.3, -0.25) is 14.5 Å². The van der Waals surface area contributed by atoms with Crippen molar-refractivity contribution in [1.29, 1.82) is 0 Å². The largest absolute Gasteiger partial charge is 0.488 e. The summed E-state index contributed by atoms with van der Waals surface area (Å²) < 4.78 is 5.95. The third-order valence-corrected chi connectivity index (χ3v) is 6.13. The second-order valence-corrected chi connectivity index (χ2v) is 8.63. The van der Waals surface area contributed by atoms with Gasteiger partial charge in [-0.1, -0.05) is 35.9 Å². The maximum Gasteiger partial charge on any atom is 0.257 e. The summed E-state index contributed by atoms with van der Waals surface area (Å²) in [6, 6.07) is 15.0. The van der Waals surface area contributed by atoms with Crippen molar-refractivity contribution in [2.24, 2.45) is 0 Å². The molecule has 1 N–H and O–H groups in total. The van der Waals surface area contributed by atoms with E-state index in [-0.39, 0.29) is 17.9 Å². The molecule has 2 fully saturated rings. The van der Waals surface area contributed by atoms with Crippen LogP contribution < -0.4 is 10.1 Å². The lowest BCUT2D eigenvalue weighted by atomic mass is 10.1. The number of amides is 2. The van der Waals surface area contributed by atoms with Crippen LogP contribution in [0.15, 0.2) is 48.5 Å². The van der Waals surface area contributed by atoms with E-state index >= 15 is 0 Å². The summed E-state index contributed by atoms with van der Waals surface area (Å²) in [6.07, 6.45) is 2.17. The molecule has 4 rings (SSSR count). The van der Waals surface area contributed by atoms with E-state index in [1.54, 1.807) is 6.07 Å². The fourth-order valence-corrected chi connectivity index (χ4v) is 3.83. The molecule has 0 radical (unpaired) electrons. The number of hydrogen-bond acceptors (Lipinski definition) is 4. The highest BCUT2D eigenvalue weighted by Gasteiger charge is 2.31. The lowest BCUT2D eigenvalue weighted by Gasteiger charge is -2.37. The number of halogens is 1. The molecule has 1 saturated heterocycles. The van der Waals surface area contributed by atoms with Crippen molar-refractivity contribution >= 4 is 23.4 Å². The molecular weight excluding hydrogens is 414 g/mol. The first-order valence-corrected chi connectivity index (χ1v) is 11.2. The first-order valence-electron chi connectivity index (χ1n) is 10.8. The van der Waals surface area contributed by atoms with Gasteiger partial charge in [0.25, 0.3) is 5.91 Å². The molecule has 0 aromatic heterocycles. The van der Waals surface area contributed by atoms with Crippen LogP contribution in [0.5, 0.6) is 5.75 Å². The van der Waals surface area contributed by atoms with Gasteiger partial charge in [0.05, 0.1) is 11.6 Å². The molecule has 1 saturated carbocycles. The molecule has 2 amide bonds. The van der Waals surface area contributed by atoms with Crippen LogP contribution in [-0.2, 0) is 11.4 Å². The van der Waals surface area contributed by atoms with Crippen molar-refractivity contribution in [1.82, 2.24) is 15.1 Å². The lowest BCUT2D eigenvalue weighted by molar-refractivity contribution is -0.126. The first-order chi connectivity index (χ1) is 15.0. The van der Waals surface area contributed by atoms with E-state index in [0.717, 1.165) is 18.4 Å². The van der Waals surface area contributed by atoms with Crippen LogP contribution in [-0.4, -0.2) is 59.9 Å². The van der Waals surface area contributed by atoms with Crippen LogP contribution in [0.25, 0.3) is 0 Å². The summed E-state index contributed by atoms with van der Waals surface area (Å²) in [5, 5.41) is 3.74. The van der Waals surface area contributed by atoms with Crippen LogP contribution in [0.1, 0.15) is 35.7 Å². The average molecular weight is 442 g/mol. The van der Waals surface area contributed by atoms with Gasteiger partial charge in [-0.2, -0.15) is 0 Å². The Kier molecular flexibility index (Phi) is 6.78. The Hall–Kier alpha value is -2.57. The molecule has 1 aliphatic heterocycles. The zero-order chi connectivity index (χ0) is 21.8.